The van der Waals surface area contributed by atoms with E-state index >= 15 is 0 Å². The highest BCUT2D eigenvalue weighted by Gasteiger charge is 2.61. The van der Waals surface area contributed by atoms with Gasteiger partial charge in [0.25, 0.3) is 0 Å². The van der Waals surface area contributed by atoms with E-state index in [9.17, 15) is 9.59 Å². The molecule has 5 rings (SSSR count). The van der Waals surface area contributed by atoms with Gasteiger partial charge in [-0.05, 0) is 62.4 Å². The van der Waals surface area contributed by atoms with E-state index in [0.717, 1.165) is 49.7 Å². The second kappa shape index (κ2) is 4.74. The van der Waals surface area contributed by atoms with Gasteiger partial charge in [0.15, 0.2) is 5.78 Å². The molecule has 1 spiro atoms. The van der Waals surface area contributed by atoms with Crippen LogP contribution in [-0.4, -0.2) is 23.1 Å². The predicted molar refractivity (Wildman–Crippen MR) is 92.2 cm³/mol. The molecule has 0 radical (unpaired) electrons. The first-order valence-electron chi connectivity index (χ1n) is 9.40. The van der Waals surface area contributed by atoms with Gasteiger partial charge in [-0.25, -0.2) is 0 Å². The highest BCUT2D eigenvalue weighted by atomic mass is 32.2. The maximum absolute atomic E-state index is 12.5. The van der Waals surface area contributed by atoms with E-state index in [1.54, 1.807) is 0 Å². The van der Waals surface area contributed by atoms with Crippen LogP contribution in [0.15, 0.2) is 11.6 Å². The van der Waals surface area contributed by atoms with E-state index in [2.05, 4.69) is 13.0 Å². The molecule has 0 aromatic heterocycles. The maximum atomic E-state index is 12.5. The SMILES string of the molecule is CC12CCC3C(CCC4=CC(=O)C5CSCC43C5)C1CCC2=O. The fraction of sp³-hybridized carbons (Fsp3) is 0.800. The molecule has 4 fully saturated rings. The number of rotatable bonds is 0. The molecule has 0 N–H and O–H groups in total. The zero-order valence-corrected chi connectivity index (χ0v) is 14.8. The number of ketones is 2. The van der Waals surface area contributed by atoms with Crippen molar-refractivity contribution in [2.75, 3.05) is 11.5 Å². The summed E-state index contributed by atoms with van der Waals surface area (Å²) < 4.78 is 0. The minimum Gasteiger partial charge on any atom is -0.299 e. The van der Waals surface area contributed by atoms with E-state index in [1.165, 1.54) is 24.2 Å². The largest absolute Gasteiger partial charge is 0.299 e. The number of fused-ring (bicyclic) bond motifs is 4. The molecule has 124 valence electrons. The van der Waals surface area contributed by atoms with E-state index in [1.807, 2.05) is 11.8 Å². The van der Waals surface area contributed by atoms with Gasteiger partial charge in [-0.2, -0.15) is 11.8 Å². The van der Waals surface area contributed by atoms with Crippen molar-refractivity contribution in [3.63, 3.8) is 0 Å². The fourth-order valence-electron chi connectivity index (χ4n) is 7.07. The first-order chi connectivity index (χ1) is 11.0. The molecule has 2 nitrogen and oxygen atoms in total. The van der Waals surface area contributed by atoms with Crippen LogP contribution in [0.2, 0.25) is 0 Å². The molecular weight excluding hydrogens is 304 g/mol. The monoisotopic (exact) mass is 330 g/mol. The third-order valence-corrected chi connectivity index (χ3v) is 9.61. The number of carbonyl (C=O) groups is 2. The lowest BCUT2D eigenvalue weighted by atomic mass is 9.46. The van der Waals surface area contributed by atoms with E-state index in [0.29, 0.717) is 22.9 Å². The molecule has 3 heteroatoms. The van der Waals surface area contributed by atoms with Crippen molar-refractivity contribution in [2.24, 2.45) is 34.5 Å². The van der Waals surface area contributed by atoms with Crippen LogP contribution in [0.3, 0.4) is 0 Å². The van der Waals surface area contributed by atoms with E-state index in [-0.39, 0.29) is 11.3 Å². The second-order valence-corrected chi connectivity index (χ2v) is 10.0. The van der Waals surface area contributed by atoms with Crippen LogP contribution in [0.25, 0.3) is 0 Å². The van der Waals surface area contributed by atoms with Crippen molar-refractivity contribution in [3.8, 4) is 0 Å². The summed E-state index contributed by atoms with van der Waals surface area (Å²) >= 11 is 2.02. The van der Waals surface area contributed by atoms with E-state index < -0.39 is 0 Å². The topological polar surface area (TPSA) is 34.1 Å². The van der Waals surface area contributed by atoms with Crippen molar-refractivity contribution in [1.29, 1.82) is 0 Å². The summed E-state index contributed by atoms with van der Waals surface area (Å²) in [7, 11) is 0. The Bertz CT molecular complexity index is 623. The number of thioether (sulfide) groups is 1. The number of allylic oxidation sites excluding steroid dienone is 1. The van der Waals surface area contributed by atoms with Gasteiger partial charge >= 0.3 is 0 Å². The Kier molecular flexibility index (Phi) is 3.04. The number of hydrogen-bond donors (Lipinski definition) is 0. The summed E-state index contributed by atoms with van der Waals surface area (Å²) in [5, 5.41) is 0. The number of carbonyl (C=O) groups excluding carboxylic acids is 2. The van der Waals surface area contributed by atoms with Gasteiger partial charge in [0.1, 0.15) is 5.78 Å². The molecule has 1 heterocycles. The standard InChI is InChI=1S/C20H26O2S/c1-19-7-6-16-14(15(19)4-5-18(19)22)3-2-13-8-17(21)12-9-20(13,16)11-23-10-12/h8,12,14-16H,2-7,9-11H2,1H3. The third-order valence-electron chi connectivity index (χ3n) is 8.25. The summed E-state index contributed by atoms with van der Waals surface area (Å²) in [5.74, 6) is 5.54. The average Bonchev–Trinajstić information content (AvgIpc) is 2.85. The number of Topliss-reactive ketones (excluding diaryl/α,β-unsaturated/α-hetero) is 1. The molecule has 1 saturated heterocycles. The van der Waals surface area contributed by atoms with Crippen LogP contribution in [0, 0.1) is 34.5 Å². The first kappa shape index (κ1) is 14.7. The second-order valence-electron chi connectivity index (χ2n) is 8.98. The molecule has 0 amide bonds. The molecule has 0 aromatic carbocycles. The fourth-order valence-corrected chi connectivity index (χ4v) is 8.63. The summed E-state index contributed by atoms with van der Waals surface area (Å²) in [5.41, 5.74) is 1.77. The Hall–Kier alpha value is -0.570. The molecule has 6 atom stereocenters. The third kappa shape index (κ3) is 1.78. The highest BCUT2D eigenvalue weighted by molar-refractivity contribution is 7.99. The summed E-state index contributed by atoms with van der Waals surface area (Å²) in [6.07, 6.45) is 9.74. The molecule has 5 aliphatic rings. The van der Waals surface area contributed by atoms with Crippen LogP contribution in [0.5, 0.6) is 0 Å². The summed E-state index contributed by atoms with van der Waals surface area (Å²) in [6.45, 7) is 2.26. The van der Waals surface area contributed by atoms with E-state index in [4.69, 9.17) is 0 Å². The number of hydrogen-bond acceptors (Lipinski definition) is 3. The molecule has 4 aliphatic carbocycles. The molecule has 0 aromatic rings. The van der Waals surface area contributed by atoms with Gasteiger partial charge in [0, 0.05) is 34.7 Å². The van der Waals surface area contributed by atoms with Gasteiger partial charge < -0.3 is 0 Å². The highest BCUT2D eigenvalue weighted by Crippen LogP contribution is 2.66. The predicted octanol–water partition coefficient (Wildman–Crippen LogP) is 4.04. The molecule has 6 unspecified atom stereocenters. The van der Waals surface area contributed by atoms with Crippen molar-refractivity contribution in [1.82, 2.24) is 0 Å². The van der Waals surface area contributed by atoms with Crippen molar-refractivity contribution < 1.29 is 9.59 Å². The lowest BCUT2D eigenvalue weighted by molar-refractivity contribution is -0.133. The van der Waals surface area contributed by atoms with Gasteiger partial charge in [0.2, 0.25) is 0 Å². The van der Waals surface area contributed by atoms with Crippen LogP contribution in [0.4, 0.5) is 0 Å². The Labute approximate surface area is 142 Å². The Morgan fingerprint density at radius 2 is 2.00 bits per heavy atom. The zero-order valence-electron chi connectivity index (χ0n) is 14.0. The molecular formula is C20H26O2S. The minimum absolute atomic E-state index is 0.0231. The van der Waals surface area contributed by atoms with Crippen LogP contribution in [0.1, 0.15) is 51.9 Å². The Balaban J connectivity index is 1.56. The van der Waals surface area contributed by atoms with Crippen LogP contribution < -0.4 is 0 Å². The van der Waals surface area contributed by atoms with Crippen LogP contribution >= 0.6 is 11.8 Å². The van der Waals surface area contributed by atoms with Gasteiger partial charge in [-0.3, -0.25) is 9.59 Å². The smallest absolute Gasteiger partial charge is 0.159 e. The minimum atomic E-state index is -0.0231. The molecule has 1 aliphatic heterocycles. The molecule has 23 heavy (non-hydrogen) atoms. The molecule has 3 saturated carbocycles. The van der Waals surface area contributed by atoms with Gasteiger partial charge in [0.05, 0.1) is 0 Å². The lowest BCUT2D eigenvalue weighted by Crippen LogP contribution is -2.55. The molecule has 2 bridgehead atoms. The van der Waals surface area contributed by atoms with Crippen molar-refractivity contribution in [2.45, 2.75) is 51.9 Å². The maximum Gasteiger partial charge on any atom is 0.159 e. The Morgan fingerprint density at radius 3 is 2.87 bits per heavy atom. The van der Waals surface area contributed by atoms with Gasteiger partial charge in [-0.15, -0.1) is 0 Å². The first-order valence-corrected chi connectivity index (χ1v) is 10.6. The Morgan fingerprint density at radius 1 is 1.13 bits per heavy atom. The normalized spacial score (nSPS) is 51.6. The quantitative estimate of drug-likeness (QED) is 0.672. The van der Waals surface area contributed by atoms with Crippen molar-refractivity contribution >= 4 is 23.3 Å². The van der Waals surface area contributed by atoms with Crippen molar-refractivity contribution in [3.05, 3.63) is 11.6 Å². The summed E-state index contributed by atoms with van der Waals surface area (Å²) in [4.78, 5) is 24.8. The summed E-state index contributed by atoms with van der Waals surface area (Å²) in [6, 6.07) is 0. The van der Waals surface area contributed by atoms with Gasteiger partial charge in [-0.1, -0.05) is 12.5 Å². The lowest BCUT2D eigenvalue weighted by Gasteiger charge is -2.60. The van der Waals surface area contributed by atoms with Crippen LogP contribution in [-0.2, 0) is 9.59 Å². The average molecular weight is 330 g/mol. The zero-order chi connectivity index (χ0) is 15.8.